The zero-order valence-corrected chi connectivity index (χ0v) is 16.1. The molecule has 1 N–H and O–H groups in total. The van der Waals surface area contributed by atoms with Crippen LogP contribution in [0.15, 0.2) is 23.1 Å². The zero-order chi connectivity index (χ0) is 16.6. The molecule has 2 atom stereocenters. The summed E-state index contributed by atoms with van der Waals surface area (Å²) in [5, 5.41) is 3.47. The average molecular weight is 375 g/mol. The number of hydrogen-bond donors (Lipinski definition) is 1. The molecule has 5 nitrogen and oxygen atoms in total. The number of nitrogens with zero attached hydrogens (tertiary/aromatic N) is 1. The summed E-state index contributed by atoms with van der Waals surface area (Å²) in [6, 6.07) is 5.65. The highest BCUT2D eigenvalue weighted by molar-refractivity contribution is 7.89. The third kappa shape index (κ3) is 3.87. The molecule has 2 unspecified atom stereocenters. The molecule has 0 radical (unpaired) electrons. The summed E-state index contributed by atoms with van der Waals surface area (Å²) in [6.07, 6.45) is 2.04. The van der Waals surface area contributed by atoms with Crippen molar-refractivity contribution in [1.82, 2.24) is 9.62 Å². The summed E-state index contributed by atoms with van der Waals surface area (Å²) < 4.78 is 33.2. The van der Waals surface area contributed by atoms with Gasteiger partial charge in [0.25, 0.3) is 0 Å². The van der Waals surface area contributed by atoms with Crippen LogP contribution in [0.2, 0.25) is 0 Å². The van der Waals surface area contributed by atoms with E-state index in [1.165, 1.54) is 0 Å². The maximum absolute atomic E-state index is 12.9. The lowest BCUT2D eigenvalue weighted by Crippen LogP contribution is -2.46. The number of piperidine rings is 1. The van der Waals surface area contributed by atoms with E-state index in [0.717, 1.165) is 30.7 Å². The van der Waals surface area contributed by atoms with Crippen LogP contribution in [-0.2, 0) is 10.0 Å². The minimum absolute atomic E-state index is 0. The summed E-state index contributed by atoms with van der Waals surface area (Å²) in [4.78, 5) is 0.371. The molecule has 2 aliphatic rings. The Morgan fingerprint density at radius 2 is 2.04 bits per heavy atom. The Morgan fingerprint density at radius 1 is 1.29 bits per heavy atom. The molecule has 2 heterocycles. The molecule has 24 heavy (non-hydrogen) atoms. The summed E-state index contributed by atoms with van der Waals surface area (Å²) >= 11 is 0. The molecule has 3 rings (SSSR count). The second-order valence-corrected chi connectivity index (χ2v) is 8.79. The first-order chi connectivity index (χ1) is 10.9. The molecule has 1 aromatic carbocycles. The first-order valence-corrected chi connectivity index (χ1v) is 9.83. The van der Waals surface area contributed by atoms with E-state index in [1.807, 2.05) is 20.8 Å². The van der Waals surface area contributed by atoms with Gasteiger partial charge in [-0.25, -0.2) is 8.42 Å². The predicted octanol–water partition coefficient (Wildman–Crippen LogP) is 2.58. The smallest absolute Gasteiger partial charge is 0.243 e. The predicted molar refractivity (Wildman–Crippen MR) is 97.5 cm³/mol. The van der Waals surface area contributed by atoms with E-state index in [9.17, 15) is 8.42 Å². The second kappa shape index (κ2) is 7.60. The lowest BCUT2D eigenvalue weighted by molar-refractivity contribution is 0.240. The van der Waals surface area contributed by atoms with Crippen LogP contribution in [0.3, 0.4) is 0 Å². The number of sulfonamides is 1. The number of hydrogen-bond acceptors (Lipinski definition) is 4. The van der Waals surface area contributed by atoms with Gasteiger partial charge >= 0.3 is 0 Å². The number of nitrogens with one attached hydrogen (secondary N) is 1. The number of halogens is 1. The zero-order valence-electron chi connectivity index (χ0n) is 14.5. The summed E-state index contributed by atoms with van der Waals surface area (Å²) in [5.41, 5.74) is 0.859. The fourth-order valence-corrected chi connectivity index (χ4v) is 5.15. The third-order valence-corrected chi connectivity index (χ3v) is 6.63. The fraction of sp³-hybridized carbons (Fsp3) is 0.647. The first-order valence-electron chi connectivity index (χ1n) is 8.39. The molecule has 0 spiro atoms. The monoisotopic (exact) mass is 374 g/mol. The van der Waals surface area contributed by atoms with E-state index in [1.54, 1.807) is 22.5 Å². The van der Waals surface area contributed by atoms with Gasteiger partial charge in [-0.1, -0.05) is 0 Å². The van der Waals surface area contributed by atoms with E-state index in [0.29, 0.717) is 29.9 Å². The van der Waals surface area contributed by atoms with Gasteiger partial charge in [-0.3, -0.25) is 0 Å². The Bertz CT molecular complexity index is 678. The van der Waals surface area contributed by atoms with E-state index in [4.69, 9.17) is 4.74 Å². The van der Waals surface area contributed by atoms with Crippen LogP contribution in [0.5, 0.6) is 5.75 Å². The number of benzene rings is 1. The number of rotatable bonds is 4. The molecule has 2 fully saturated rings. The van der Waals surface area contributed by atoms with Crippen LogP contribution in [-0.4, -0.2) is 44.5 Å². The average Bonchev–Trinajstić information content (AvgIpc) is 2.96. The number of aryl methyl sites for hydroxylation is 1. The standard InChI is InChI=1S/C17H26N2O3S.ClH/c1-12(2)22-17-5-4-15(10-13(17)3)23(20,21)19-9-7-16-14(11-19)6-8-18-16;/h4-5,10,12,14,16,18H,6-9,11H2,1-3H3;1H. The van der Waals surface area contributed by atoms with Crippen LogP contribution in [0.4, 0.5) is 0 Å². The Hall–Kier alpha value is -0.820. The van der Waals surface area contributed by atoms with Gasteiger partial charge in [-0.15, -0.1) is 12.4 Å². The van der Waals surface area contributed by atoms with Crippen molar-refractivity contribution in [2.45, 2.75) is 50.7 Å². The largest absolute Gasteiger partial charge is 0.491 e. The molecule has 7 heteroatoms. The van der Waals surface area contributed by atoms with Crippen LogP contribution >= 0.6 is 12.4 Å². The van der Waals surface area contributed by atoms with Gasteiger partial charge in [0.1, 0.15) is 5.75 Å². The number of fused-ring (bicyclic) bond motifs is 1. The summed E-state index contributed by atoms with van der Waals surface area (Å²) in [6.45, 7) is 8.05. The molecular weight excluding hydrogens is 348 g/mol. The Labute approximate surface area is 151 Å². The van der Waals surface area contributed by atoms with Crippen molar-refractivity contribution >= 4 is 22.4 Å². The van der Waals surface area contributed by atoms with Gasteiger partial charge < -0.3 is 10.1 Å². The lowest BCUT2D eigenvalue weighted by atomic mass is 9.95. The van der Waals surface area contributed by atoms with Crippen LogP contribution in [0.25, 0.3) is 0 Å². The van der Waals surface area contributed by atoms with E-state index >= 15 is 0 Å². The van der Waals surface area contributed by atoms with Gasteiger partial charge in [0.05, 0.1) is 11.0 Å². The molecule has 2 saturated heterocycles. The highest BCUT2D eigenvalue weighted by Gasteiger charge is 2.37. The molecule has 1 aromatic rings. The number of ether oxygens (including phenoxy) is 1. The SMILES string of the molecule is Cc1cc(S(=O)(=O)N2CCC3NCCC3C2)ccc1OC(C)C.Cl. The van der Waals surface area contributed by atoms with Crippen LogP contribution < -0.4 is 10.1 Å². The lowest BCUT2D eigenvalue weighted by Gasteiger charge is -2.34. The van der Waals surface area contributed by atoms with E-state index in [2.05, 4.69) is 5.32 Å². The van der Waals surface area contributed by atoms with Gasteiger partial charge in [0, 0.05) is 19.1 Å². The normalized spacial score (nSPS) is 24.5. The minimum Gasteiger partial charge on any atom is -0.491 e. The molecule has 0 saturated carbocycles. The quantitative estimate of drug-likeness (QED) is 0.880. The molecule has 2 aliphatic heterocycles. The topological polar surface area (TPSA) is 58.6 Å². The maximum atomic E-state index is 12.9. The van der Waals surface area contributed by atoms with Gasteiger partial charge in [-0.05, 0) is 69.8 Å². The van der Waals surface area contributed by atoms with Crippen molar-refractivity contribution in [2.24, 2.45) is 5.92 Å². The van der Waals surface area contributed by atoms with E-state index in [-0.39, 0.29) is 18.5 Å². The molecule has 0 bridgehead atoms. The third-order valence-electron chi connectivity index (χ3n) is 4.77. The van der Waals surface area contributed by atoms with Gasteiger partial charge in [-0.2, -0.15) is 4.31 Å². The molecule has 0 aromatic heterocycles. The molecular formula is C17H27ClN2O3S. The summed E-state index contributed by atoms with van der Waals surface area (Å²) in [7, 11) is -3.42. The van der Waals surface area contributed by atoms with Gasteiger partial charge in [0.2, 0.25) is 10.0 Å². The van der Waals surface area contributed by atoms with Crippen molar-refractivity contribution in [3.05, 3.63) is 23.8 Å². The second-order valence-electron chi connectivity index (χ2n) is 6.86. The summed E-state index contributed by atoms with van der Waals surface area (Å²) in [5.74, 6) is 1.20. The van der Waals surface area contributed by atoms with E-state index < -0.39 is 10.0 Å². The first kappa shape index (κ1) is 19.5. The molecule has 136 valence electrons. The van der Waals surface area contributed by atoms with Crippen molar-refractivity contribution in [3.63, 3.8) is 0 Å². The van der Waals surface area contributed by atoms with Crippen LogP contribution in [0.1, 0.15) is 32.3 Å². The van der Waals surface area contributed by atoms with Crippen molar-refractivity contribution < 1.29 is 13.2 Å². The van der Waals surface area contributed by atoms with Crippen molar-refractivity contribution in [1.29, 1.82) is 0 Å². The highest BCUT2D eigenvalue weighted by atomic mass is 35.5. The van der Waals surface area contributed by atoms with Crippen molar-refractivity contribution in [2.75, 3.05) is 19.6 Å². The maximum Gasteiger partial charge on any atom is 0.243 e. The molecule has 0 amide bonds. The molecule has 0 aliphatic carbocycles. The Balaban J connectivity index is 0.00000208. The fourth-order valence-electron chi connectivity index (χ4n) is 3.55. The van der Waals surface area contributed by atoms with Crippen molar-refractivity contribution in [3.8, 4) is 5.75 Å². The Kier molecular flexibility index (Phi) is 6.18. The Morgan fingerprint density at radius 3 is 2.71 bits per heavy atom. The van der Waals surface area contributed by atoms with Crippen LogP contribution in [0, 0.1) is 12.8 Å². The highest BCUT2D eigenvalue weighted by Crippen LogP contribution is 2.30. The minimum atomic E-state index is -3.42. The van der Waals surface area contributed by atoms with Gasteiger partial charge in [0.15, 0.2) is 0 Å².